The minimum Gasteiger partial charge on any atom is -0.408 e. The number of benzene rings is 1. The molecule has 3 rings (SSSR count). The van der Waals surface area contributed by atoms with Gasteiger partial charge < -0.3 is 14.6 Å². The van der Waals surface area contributed by atoms with E-state index in [1.807, 2.05) is 12.3 Å². The number of nitrogens with zero attached hydrogens (tertiary/aromatic N) is 2. The molecule has 1 heterocycles. The Kier molecular flexibility index (Phi) is 8.44. The molecule has 31 heavy (non-hydrogen) atoms. The van der Waals surface area contributed by atoms with Gasteiger partial charge >= 0.3 is 6.09 Å². The highest BCUT2D eigenvalue weighted by Gasteiger charge is 2.18. The number of terminal acetylenes is 2. The Balaban J connectivity index is 1.63. The van der Waals surface area contributed by atoms with Crippen LogP contribution in [0.1, 0.15) is 50.5 Å². The molecule has 1 aromatic carbocycles. The zero-order chi connectivity index (χ0) is 22.1. The Morgan fingerprint density at radius 2 is 1.87 bits per heavy atom. The Morgan fingerprint density at radius 3 is 2.55 bits per heavy atom. The van der Waals surface area contributed by atoms with Gasteiger partial charge in [0.05, 0.1) is 18.6 Å². The summed E-state index contributed by atoms with van der Waals surface area (Å²) in [6, 6.07) is 5.74. The smallest absolute Gasteiger partial charge is 0.408 e. The number of para-hydroxylation sites is 1. The van der Waals surface area contributed by atoms with Crippen LogP contribution in [0.15, 0.2) is 24.4 Å². The molecule has 0 atom stereocenters. The average molecular weight is 420 g/mol. The monoisotopic (exact) mass is 419 g/mol. The fourth-order valence-corrected chi connectivity index (χ4v) is 4.39. The van der Waals surface area contributed by atoms with Gasteiger partial charge in [-0.25, -0.2) is 4.79 Å². The van der Waals surface area contributed by atoms with Gasteiger partial charge in [-0.15, -0.1) is 12.8 Å². The van der Waals surface area contributed by atoms with Gasteiger partial charge in [-0.05, 0) is 37.6 Å². The summed E-state index contributed by atoms with van der Waals surface area (Å²) in [6.07, 6.45) is 21.7. The Hall–Kier alpha value is -2.89. The van der Waals surface area contributed by atoms with E-state index < -0.39 is 6.09 Å². The van der Waals surface area contributed by atoms with Crippen molar-refractivity contribution in [2.45, 2.75) is 51.5 Å². The van der Waals surface area contributed by atoms with Crippen LogP contribution in [0.4, 0.5) is 4.79 Å². The van der Waals surface area contributed by atoms with E-state index >= 15 is 0 Å². The minimum absolute atomic E-state index is 0.112. The maximum atomic E-state index is 12.5. The van der Waals surface area contributed by atoms with Crippen molar-refractivity contribution in [2.24, 2.45) is 5.92 Å². The largest absolute Gasteiger partial charge is 0.416 e. The molecule has 1 aliphatic carbocycles. The first-order valence-electron chi connectivity index (χ1n) is 11.2. The number of hydrogen-bond donors (Lipinski definition) is 1. The maximum absolute atomic E-state index is 12.5. The number of ether oxygens (including phenoxy) is 1. The summed E-state index contributed by atoms with van der Waals surface area (Å²) in [7, 11) is 2.18. The first kappa shape index (κ1) is 22.8. The average Bonchev–Trinajstić information content (AvgIpc) is 2.99. The molecule has 0 radical (unpaired) electrons. The van der Waals surface area contributed by atoms with E-state index in [-0.39, 0.29) is 13.1 Å². The number of nitrogens with one attached hydrogen (secondary N) is 1. The molecule has 5 heteroatoms. The van der Waals surface area contributed by atoms with Gasteiger partial charge in [0.2, 0.25) is 0 Å². The minimum atomic E-state index is -0.542. The van der Waals surface area contributed by atoms with E-state index in [0.717, 1.165) is 29.9 Å². The number of amides is 1. The van der Waals surface area contributed by atoms with Crippen LogP contribution in [0.3, 0.4) is 0 Å². The van der Waals surface area contributed by atoms with Crippen LogP contribution in [-0.4, -0.2) is 47.6 Å². The predicted molar refractivity (Wildman–Crippen MR) is 126 cm³/mol. The van der Waals surface area contributed by atoms with Crippen molar-refractivity contribution in [1.82, 2.24) is 14.8 Å². The van der Waals surface area contributed by atoms with Crippen LogP contribution in [-0.2, 0) is 6.54 Å². The van der Waals surface area contributed by atoms with Crippen LogP contribution in [0, 0.1) is 30.6 Å². The second-order valence-electron chi connectivity index (χ2n) is 8.51. The zero-order valence-corrected chi connectivity index (χ0v) is 18.5. The van der Waals surface area contributed by atoms with E-state index in [2.05, 4.69) is 34.8 Å². The van der Waals surface area contributed by atoms with Crippen molar-refractivity contribution in [2.75, 3.05) is 26.7 Å². The summed E-state index contributed by atoms with van der Waals surface area (Å²) in [5, 5.41) is 1.06. The number of hydrogen-bond acceptors (Lipinski definition) is 3. The first-order valence-corrected chi connectivity index (χ1v) is 11.2. The molecular formula is C26H33N3O2. The Labute approximate surface area is 186 Å². The molecule has 1 saturated carbocycles. The summed E-state index contributed by atoms with van der Waals surface area (Å²) < 4.78 is 5.60. The molecule has 5 nitrogen and oxygen atoms in total. The van der Waals surface area contributed by atoms with E-state index in [1.165, 1.54) is 55.4 Å². The molecule has 1 fully saturated rings. The van der Waals surface area contributed by atoms with Gasteiger partial charge in [0.25, 0.3) is 0 Å². The lowest BCUT2D eigenvalue weighted by Gasteiger charge is -2.20. The zero-order valence-electron chi connectivity index (χ0n) is 18.5. The molecule has 0 aliphatic heterocycles. The van der Waals surface area contributed by atoms with Crippen molar-refractivity contribution in [3.63, 3.8) is 0 Å². The van der Waals surface area contributed by atoms with Crippen molar-refractivity contribution in [3.8, 4) is 30.4 Å². The number of aromatic nitrogens is 1. The SMILES string of the molecule is C#CCN(CC#C)C(=O)Oc1cccc2c(CN(C)CCC3CCCCCC3)c[nH]c12. The van der Waals surface area contributed by atoms with Crippen molar-refractivity contribution < 1.29 is 9.53 Å². The van der Waals surface area contributed by atoms with Crippen LogP contribution in [0.25, 0.3) is 10.9 Å². The standard InChI is InChI=1S/C26H33N3O2/c1-4-16-29(17-5-2)26(30)31-24-14-10-13-23-22(19-27-25(23)24)20-28(3)18-15-21-11-8-6-7-9-12-21/h1-2,10,13-14,19,21,27H,6-9,11-12,15-18,20H2,3H3. The number of carbonyl (C=O) groups excluding carboxylic acids is 1. The fraction of sp³-hybridized carbons (Fsp3) is 0.500. The molecule has 2 aromatic rings. The fourth-order valence-electron chi connectivity index (χ4n) is 4.39. The quantitative estimate of drug-likeness (QED) is 0.482. The highest BCUT2D eigenvalue weighted by molar-refractivity contribution is 5.90. The van der Waals surface area contributed by atoms with Gasteiger partial charge in [0.1, 0.15) is 0 Å². The third kappa shape index (κ3) is 6.29. The highest BCUT2D eigenvalue weighted by Crippen LogP contribution is 2.29. The highest BCUT2D eigenvalue weighted by atomic mass is 16.6. The van der Waals surface area contributed by atoms with Gasteiger partial charge in [0.15, 0.2) is 5.75 Å². The van der Waals surface area contributed by atoms with Gasteiger partial charge in [-0.1, -0.05) is 62.5 Å². The van der Waals surface area contributed by atoms with E-state index in [4.69, 9.17) is 17.6 Å². The van der Waals surface area contributed by atoms with Gasteiger partial charge in [-0.2, -0.15) is 0 Å². The van der Waals surface area contributed by atoms with E-state index in [1.54, 1.807) is 6.07 Å². The second-order valence-corrected chi connectivity index (χ2v) is 8.51. The lowest BCUT2D eigenvalue weighted by atomic mass is 9.96. The predicted octanol–water partition coefficient (Wildman–Crippen LogP) is 5.03. The van der Waals surface area contributed by atoms with Gasteiger partial charge in [0, 0.05) is 18.1 Å². The summed E-state index contributed by atoms with van der Waals surface area (Å²) in [5.41, 5.74) is 2.00. The Bertz CT molecular complexity index is 926. The summed E-state index contributed by atoms with van der Waals surface area (Å²) >= 11 is 0. The van der Waals surface area contributed by atoms with E-state index in [0.29, 0.717) is 5.75 Å². The normalized spacial score (nSPS) is 14.7. The number of fused-ring (bicyclic) bond motifs is 1. The summed E-state index contributed by atoms with van der Waals surface area (Å²) in [5.74, 6) is 6.22. The summed E-state index contributed by atoms with van der Waals surface area (Å²) in [6.45, 7) is 2.17. The molecule has 1 aromatic heterocycles. The molecule has 1 N–H and O–H groups in total. The molecule has 0 bridgehead atoms. The van der Waals surface area contributed by atoms with Crippen LogP contribution >= 0.6 is 0 Å². The Morgan fingerprint density at radius 1 is 1.16 bits per heavy atom. The molecule has 164 valence electrons. The van der Waals surface area contributed by atoms with Crippen LogP contribution < -0.4 is 4.74 Å². The second kappa shape index (κ2) is 11.5. The summed E-state index contributed by atoms with van der Waals surface area (Å²) in [4.78, 5) is 19.5. The molecular weight excluding hydrogens is 386 g/mol. The van der Waals surface area contributed by atoms with Crippen molar-refractivity contribution in [3.05, 3.63) is 30.0 Å². The maximum Gasteiger partial charge on any atom is 0.416 e. The lowest BCUT2D eigenvalue weighted by Crippen LogP contribution is -2.34. The molecule has 0 unspecified atom stereocenters. The number of H-pyrrole nitrogens is 1. The molecule has 1 aliphatic rings. The lowest BCUT2D eigenvalue weighted by molar-refractivity contribution is 0.164. The van der Waals surface area contributed by atoms with Gasteiger partial charge in [-0.3, -0.25) is 4.90 Å². The van der Waals surface area contributed by atoms with Crippen LogP contribution in [0.2, 0.25) is 0 Å². The third-order valence-corrected chi connectivity index (χ3v) is 6.12. The van der Waals surface area contributed by atoms with Crippen molar-refractivity contribution in [1.29, 1.82) is 0 Å². The van der Waals surface area contributed by atoms with Crippen molar-refractivity contribution >= 4 is 17.0 Å². The van der Waals surface area contributed by atoms with Crippen LogP contribution in [0.5, 0.6) is 5.75 Å². The molecule has 0 spiro atoms. The first-order chi connectivity index (χ1) is 15.1. The number of aromatic amines is 1. The van der Waals surface area contributed by atoms with E-state index in [9.17, 15) is 4.79 Å². The topological polar surface area (TPSA) is 48.6 Å². The molecule has 1 amide bonds. The third-order valence-electron chi connectivity index (χ3n) is 6.12. The number of carbonyl (C=O) groups is 1. The molecule has 0 saturated heterocycles. The number of rotatable bonds is 8.